The summed E-state index contributed by atoms with van der Waals surface area (Å²) in [6.45, 7) is 3.55. The second kappa shape index (κ2) is 3.47. The first-order chi connectivity index (χ1) is 8.91. The van der Waals surface area contributed by atoms with Crippen LogP contribution in [0.25, 0.3) is 0 Å². The van der Waals surface area contributed by atoms with Crippen LogP contribution in [0.15, 0.2) is 12.2 Å². The van der Waals surface area contributed by atoms with Crippen molar-refractivity contribution in [1.29, 1.82) is 0 Å². The third-order valence-corrected chi connectivity index (χ3v) is 5.08. The van der Waals surface area contributed by atoms with Gasteiger partial charge in [0.2, 0.25) is 0 Å². The average Bonchev–Trinajstić information content (AvgIpc) is 2.95. The Bertz CT molecular complexity index is 432. The van der Waals surface area contributed by atoms with Gasteiger partial charge >= 0.3 is 0 Å². The molecule has 104 valence electrons. The van der Waals surface area contributed by atoms with Crippen LogP contribution in [-0.4, -0.2) is 46.2 Å². The number of aliphatic hydroxyl groups excluding tert-OH is 2. The topological polar surface area (TPSA) is 76.0 Å². The average molecular weight is 266 g/mol. The molecule has 0 aromatic heterocycles. The Hall–Kier alpha value is -0.750. The summed E-state index contributed by atoms with van der Waals surface area (Å²) in [4.78, 5) is 12.1. The number of ether oxygens (including phenoxy) is 2. The molecule has 4 rings (SSSR count). The molecule has 3 aliphatic carbocycles. The van der Waals surface area contributed by atoms with Gasteiger partial charge in [-0.05, 0) is 13.8 Å². The van der Waals surface area contributed by atoms with Crippen molar-refractivity contribution in [2.75, 3.05) is 0 Å². The van der Waals surface area contributed by atoms with Gasteiger partial charge in [-0.3, -0.25) is 4.79 Å². The van der Waals surface area contributed by atoms with Crippen LogP contribution in [-0.2, 0) is 14.3 Å². The summed E-state index contributed by atoms with van der Waals surface area (Å²) in [7, 11) is 0. The van der Waals surface area contributed by atoms with Crippen LogP contribution in [0.3, 0.4) is 0 Å². The second-order valence-electron chi connectivity index (χ2n) is 6.54. The van der Waals surface area contributed by atoms with Gasteiger partial charge < -0.3 is 19.7 Å². The molecule has 5 nitrogen and oxygen atoms in total. The minimum absolute atomic E-state index is 0.118. The minimum Gasteiger partial charge on any atom is -0.390 e. The third kappa shape index (κ3) is 1.36. The Morgan fingerprint density at radius 1 is 1.00 bits per heavy atom. The van der Waals surface area contributed by atoms with Crippen molar-refractivity contribution in [2.45, 2.75) is 44.1 Å². The van der Waals surface area contributed by atoms with E-state index in [0.29, 0.717) is 0 Å². The van der Waals surface area contributed by atoms with Crippen molar-refractivity contribution in [3.63, 3.8) is 0 Å². The summed E-state index contributed by atoms with van der Waals surface area (Å²) < 4.78 is 11.4. The molecule has 0 radical (unpaired) electrons. The highest BCUT2D eigenvalue weighted by molar-refractivity contribution is 5.92. The van der Waals surface area contributed by atoms with Gasteiger partial charge in [0.15, 0.2) is 5.79 Å². The van der Waals surface area contributed by atoms with Crippen molar-refractivity contribution in [3.05, 3.63) is 12.2 Å². The lowest BCUT2D eigenvalue weighted by Gasteiger charge is -2.43. The van der Waals surface area contributed by atoms with Crippen LogP contribution in [0, 0.1) is 23.7 Å². The zero-order valence-electron chi connectivity index (χ0n) is 10.9. The largest absolute Gasteiger partial charge is 0.390 e. The second-order valence-corrected chi connectivity index (χ2v) is 6.54. The monoisotopic (exact) mass is 266 g/mol. The molecule has 4 aliphatic rings. The minimum atomic E-state index is -0.799. The fraction of sp³-hybridized carbons (Fsp3) is 0.786. The number of hydrogen-bond donors (Lipinski definition) is 2. The summed E-state index contributed by atoms with van der Waals surface area (Å²) in [5.41, 5.74) is 0. The summed E-state index contributed by atoms with van der Waals surface area (Å²) in [5, 5.41) is 21.1. The van der Waals surface area contributed by atoms with E-state index in [2.05, 4.69) is 0 Å². The van der Waals surface area contributed by atoms with E-state index in [0.717, 1.165) is 0 Å². The molecule has 2 bridgehead atoms. The smallest absolute Gasteiger partial charge is 0.164 e. The number of aliphatic hydroxyl groups is 2. The van der Waals surface area contributed by atoms with Gasteiger partial charge in [-0.25, -0.2) is 0 Å². The highest BCUT2D eigenvalue weighted by Crippen LogP contribution is 2.54. The number of allylic oxidation sites excluding steroid dienone is 2. The Balaban J connectivity index is 1.74. The lowest BCUT2D eigenvalue weighted by atomic mass is 9.68. The summed E-state index contributed by atoms with van der Waals surface area (Å²) in [6, 6.07) is 0. The van der Waals surface area contributed by atoms with E-state index in [1.54, 1.807) is 13.8 Å². The molecular weight excluding hydrogens is 248 g/mol. The van der Waals surface area contributed by atoms with Crippen molar-refractivity contribution in [2.24, 2.45) is 23.7 Å². The van der Waals surface area contributed by atoms with Gasteiger partial charge in [-0.2, -0.15) is 0 Å². The fourth-order valence-electron chi connectivity index (χ4n) is 4.43. The van der Waals surface area contributed by atoms with Crippen molar-refractivity contribution < 1.29 is 24.5 Å². The molecule has 0 aromatic rings. The molecule has 0 spiro atoms. The molecule has 1 heterocycles. The predicted molar refractivity (Wildman–Crippen MR) is 63.9 cm³/mol. The number of rotatable bonds is 0. The Morgan fingerprint density at radius 3 is 1.84 bits per heavy atom. The summed E-state index contributed by atoms with van der Waals surface area (Å²) >= 11 is 0. The van der Waals surface area contributed by atoms with E-state index in [9.17, 15) is 15.0 Å². The molecule has 0 aromatic carbocycles. The van der Waals surface area contributed by atoms with Crippen LogP contribution in [0.1, 0.15) is 13.8 Å². The van der Waals surface area contributed by atoms with Crippen LogP contribution < -0.4 is 0 Å². The zero-order chi connectivity index (χ0) is 13.5. The van der Waals surface area contributed by atoms with Crippen molar-refractivity contribution in [1.82, 2.24) is 0 Å². The molecule has 3 fully saturated rings. The molecule has 0 amide bonds. The maximum Gasteiger partial charge on any atom is 0.164 e. The fourth-order valence-corrected chi connectivity index (χ4v) is 4.43. The summed E-state index contributed by atoms with van der Waals surface area (Å²) in [5.74, 6) is -1.70. The number of Topliss-reactive ketones (excluding diaryl/α,β-unsaturated/α-hetero) is 1. The Kier molecular flexibility index (Phi) is 2.19. The van der Waals surface area contributed by atoms with E-state index in [4.69, 9.17) is 9.47 Å². The van der Waals surface area contributed by atoms with Gasteiger partial charge in [0.25, 0.3) is 0 Å². The van der Waals surface area contributed by atoms with Crippen LogP contribution in [0.4, 0.5) is 0 Å². The van der Waals surface area contributed by atoms with Gasteiger partial charge in [0.05, 0.1) is 12.2 Å². The molecule has 8 atom stereocenters. The molecule has 5 heteroatoms. The number of carbonyl (C=O) groups is 1. The van der Waals surface area contributed by atoms with Crippen LogP contribution in [0.5, 0.6) is 0 Å². The predicted octanol–water partition coefficient (Wildman–Crippen LogP) is -0.141. The number of carbonyl (C=O) groups excluding carboxylic acids is 1. The van der Waals surface area contributed by atoms with Crippen molar-refractivity contribution >= 4 is 5.78 Å². The molecule has 19 heavy (non-hydrogen) atoms. The first-order valence-electron chi connectivity index (χ1n) is 6.84. The molecule has 4 unspecified atom stereocenters. The zero-order valence-corrected chi connectivity index (χ0v) is 10.9. The van der Waals surface area contributed by atoms with Gasteiger partial charge in [0, 0.05) is 23.7 Å². The van der Waals surface area contributed by atoms with E-state index in [-0.39, 0.29) is 29.5 Å². The van der Waals surface area contributed by atoms with Crippen molar-refractivity contribution in [3.8, 4) is 0 Å². The maximum atomic E-state index is 12.1. The van der Waals surface area contributed by atoms with Crippen LogP contribution >= 0.6 is 0 Å². The van der Waals surface area contributed by atoms with E-state index < -0.39 is 30.2 Å². The first-order valence-corrected chi connectivity index (χ1v) is 6.84. The third-order valence-electron chi connectivity index (χ3n) is 5.08. The molecule has 2 N–H and O–H groups in total. The molecule has 1 aliphatic heterocycles. The highest BCUT2D eigenvalue weighted by atomic mass is 16.8. The molecule has 1 saturated heterocycles. The van der Waals surface area contributed by atoms with Gasteiger partial charge in [-0.15, -0.1) is 0 Å². The number of fused-ring (bicyclic) bond motifs is 6. The first kappa shape index (κ1) is 12.0. The van der Waals surface area contributed by atoms with Gasteiger partial charge in [-0.1, -0.05) is 12.2 Å². The lowest BCUT2D eigenvalue weighted by molar-refractivity contribution is -0.158. The summed E-state index contributed by atoms with van der Waals surface area (Å²) in [6.07, 6.45) is 1.11. The maximum absolute atomic E-state index is 12.1. The van der Waals surface area contributed by atoms with Gasteiger partial charge in [0.1, 0.15) is 18.0 Å². The quantitative estimate of drug-likeness (QED) is 0.597. The van der Waals surface area contributed by atoms with E-state index >= 15 is 0 Å². The Morgan fingerprint density at radius 2 is 1.42 bits per heavy atom. The SMILES string of the molecule is CC1(C)O[C@@H]2[C@H](O1)[C@H](O)C1C3C=CC(C3=O)C1[C@@H]2O. The van der Waals surface area contributed by atoms with E-state index in [1.165, 1.54) is 0 Å². The number of ketones is 1. The number of hydrogen-bond acceptors (Lipinski definition) is 5. The molecular formula is C14H18O5. The standard InChI is InChI=1S/C14H18O5/c1-14(2)18-12-10(16)7-5-3-4-6(9(5)15)8(7)11(17)13(12)19-14/h3-8,10-13,16-17H,1-2H3/t5?,6?,7?,8?,10-,11+,12-,13+. The normalized spacial score (nSPS) is 57.4. The Labute approximate surface area is 111 Å². The molecule has 2 saturated carbocycles. The lowest BCUT2D eigenvalue weighted by Crippen LogP contribution is -2.58. The highest BCUT2D eigenvalue weighted by Gasteiger charge is 2.65. The van der Waals surface area contributed by atoms with Crippen LogP contribution in [0.2, 0.25) is 0 Å². The van der Waals surface area contributed by atoms with E-state index in [1.807, 2.05) is 12.2 Å².